The maximum absolute atomic E-state index is 12.8. The quantitative estimate of drug-likeness (QED) is 0.854. The van der Waals surface area contributed by atoms with Crippen molar-refractivity contribution < 1.29 is 8.42 Å². The zero-order chi connectivity index (χ0) is 16.0. The molecule has 0 aliphatic carbocycles. The fourth-order valence-corrected chi connectivity index (χ4v) is 4.51. The lowest BCUT2D eigenvalue weighted by Gasteiger charge is -2.27. The Balaban J connectivity index is 2.34. The molecule has 2 N–H and O–H groups in total. The molecule has 1 aliphatic heterocycles. The van der Waals surface area contributed by atoms with Crippen molar-refractivity contribution in [3.8, 4) is 0 Å². The first-order chi connectivity index (χ1) is 9.53. The molecule has 0 spiro atoms. The number of hydrogen-bond donors (Lipinski definition) is 1. The minimum absolute atomic E-state index is 0.124. The van der Waals surface area contributed by atoms with Crippen molar-refractivity contribution in [3.05, 3.63) is 23.3 Å². The molecule has 1 unspecified atom stereocenters. The molecule has 1 heterocycles. The maximum atomic E-state index is 12.8. The third kappa shape index (κ3) is 3.09. The minimum atomic E-state index is -3.49. The van der Waals surface area contributed by atoms with Crippen molar-refractivity contribution in [3.63, 3.8) is 0 Å². The van der Waals surface area contributed by atoms with Crippen molar-refractivity contribution in [2.75, 3.05) is 18.8 Å². The normalized spacial score (nSPS) is 20.9. The van der Waals surface area contributed by atoms with Crippen LogP contribution in [0.4, 0.5) is 5.69 Å². The van der Waals surface area contributed by atoms with Gasteiger partial charge in [0.25, 0.3) is 0 Å². The molecule has 21 heavy (non-hydrogen) atoms. The Kier molecular flexibility index (Phi) is 4.10. The smallest absolute Gasteiger partial charge is 0.245 e. The van der Waals surface area contributed by atoms with E-state index in [1.165, 1.54) is 0 Å². The van der Waals surface area contributed by atoms with Crippen molar-refractivity contribution >= 4 is 15.7 Å². The van der Waals surface area contributed by atoms with Gasteiger partial charge in [-0.2, -0.15) is 4.31 Å². The van der Waals surface area contributed by atoms with E-state index >= 15 is 0 Å². The Morgan fingerprint density at radius 1 is 1.19 bits per heavy atom. The van der Waals surface area contributed by atoms with E-state index in [2.05, 4.69) is 20.8 Å². The van der Waals surface area contributed by atoms with Crippen LogP contribution in [0.15, 0.2) is 17.0 Å². The van der Waals surface area contributed by atoms with Gasteiger partial charge in [0.05, 0.1) is 5.69 Å². The number of nitrogen functional groups attached to an aromatic ring is 1. The number of rotatable bonds is 2. The summed E-state index contributed by atoms with van der Waals surface area (Å²) in [6, 6.07) is 3.45. The van der Waals surface area contributed by atoms with Gasteiger partial charge in [0.15, 0.2) is 0 Å². The summed E-state index contributed by atoms with van der Waals surface area (Å²) in [5, 5.41) is 0. The fraction of sp³-hybridized carbons (Fsp3) is 0.625. The fourth-order valence-electron chi connectivity index (χ4n) is 2.83. The van der Waals surface area contributed by atoms with Gasteiger partial charge in [-0.1, -0.05) is 20.8 Å². The molecule has 0 saturated carbocycles. The molecule has 118 valence electrons. The average molecular weight is 310 g/mol. The Morgan fingerprint density at radius 2 is 1.76 bits per heavy atom. The Labute approximate surface area is 128 Å². The first-order valence-electron chi connectivity index (χ1n) is 7.40. The molecular formula is C16H26N2O2S. The number of hydrogen-bond acceptors (Lipinski definition) is 3. The topological polar surface area (TPSA) is 63.4 Å². The van der Waals surface area contributed by atoms with Crippen LogP contribution in [0, 0.1) is 25.2 Å². The van der Waals surface area contributed by atoms with Gasteiger partial charge in [-0.25, -0.2) is 8.42 Å². The molecule has 1 aromatic carbocycles. The zero-order valence-electron chi connectivity index (χ0n) is 13.6. The SMILES string of the molecule is Cc1cc(N)c(S(=O)(=O)N2CCC(C(C)(C)C)C2)cc1C. The van der Waals surface area contributed by atoms with E-state index in [4.69, 9.17) is 5.73 Å². The molecule has 1 aliphatic rings. The second kappa shape index (κ2) is 5.29. The van der Waals surface area contributed by atoms with Crippen LogP contribution in [0.5, 0.6) is 0 Å². The molecule has 1 saturated heterocycles. The second-order valence-electron chi connectivity index (χ2n) is 7.19. The van der Waals surface area contributed by atoms with Crippen LogP contribution in [-0.4, -0.2) is 25.8 Å². The number of anilines is 1. The predicted molar refractivity (Wildman–Crippen MR) is 86.6 cm³/mol. The van der Waals surface area contributed by atoms with Crippen LogP contribution >= 0.6 is 0 Å². The van der Waals surface area contributed by atoms with E-state index < -0.39 is 10.0 Å². The third-order valence-electron chi connectivity index (χ3n) is 4.62. The van der Waals surface area contributed by atoms with E-state index in [1.807, 2.05) is 13.8 Å². The Bertz CT molecular complexity index is 645. The molecule has 1 fully saturated rings. The van der Waals surface area contributed by atoms with Crippen molar-refractivity contribution in [1.29, 1.82) is 0 Å². The first kappa shape index (κ1) is 16.3. The maximum Gasteiger partial charge on any atom is 0.245 e. The highest BCUT2D eigenvalue weighted by Gasteiger charge is 2.38. The second-order valence-corrected chi connectivity index (χ2v) is 9.10. The molecular weight excluding hydrogens is 284 g/mol. The number of benzene rings is 1. The van der Waals surface area contributed by atoms with Gasteiger partial charge in [0.1, 0.15) is 4.90 Å². The van der Waals surface area contributed by atoms with E-state index in [-0.39, 0.29) is 10.3 Å². The highest BCUT2D eigenvalue weighted by atomic mass is 32.2. The van der Waals surface area contributed by atoms with Crippen LogP contribution in [0.25, 0.3) is 0 Å². The minimum Gasteiger partial charge on any atom is -0.398 e. The lowest BCUT2D eigenvalue weighted by Crippen LogP contribution is -2.31. The standard InChI is InChI=1S/C16H26N2O2S/c1-11-8-14(17)15(9-12(11)2)21(19,20)18-7-6-13(10-18)16(3,4)5/h8-9,13H,6-7,10,17H2,1-5H3. The van der Waals surface area contributed by atoms with E-state index in [0.717, 1.165) is 17.5 Å². The van der Waals surface area contributed by atoms with Gasteiger partial charge in [-0.05, 0) is 54.9 Å². The van der Waals surface area contributed by atoms with Crippen molar-refractivity contribution in [2.45, 2.75) is 45.9 Å². The van der Waals surface area contributed by atoms with Gasteiger partial charge in [-0.15, -0.1) is 0 Å². The number of aryl methyl sites for hydroxylation is 2. The largest absolute Gasteiger partial charge is 0.398 e. The lowest BCUT2D eigenvalue weighted by atomic mass is 9.80. The predicted octanol–water partition coefficient (Wildman–Crippen LogP) is 2.94. The summed E-state index contributed by atoms with van der Waals surface area (Å²) in [7, 11) is -3.49. The summed E-state index contributed by atoms with van der Waals surface area (Å²) in [5.74, 6) is 0.389. The van der Waals surface area contributed by atoms with Crippen LogP contribution in [0.1, 0.15) is 38.3 Å². The summed E-state index contributed by atoms with van der Waals surface area (Å²) in [6.45, 7) is 11.5. The summed E-state index contributed by atoms with van der Waals surface area (Å²) in [4.78, 5) is 0.250. The van der Waals surface area contributed by atoms with Gasteiger partial charge < -0.3 is 5.73 Å². The molecule has 4 nitrogen and oxygen atoms in total. The Morgan fingerprint density at radius 3 is 2.29 bits per heavy atom. The summed E-state index contributed by atoms with van der Waals surface area (Å²) in [6.07, 6.45) is 0.910. The Hall–Kier alpha value is -1.07. The van der Waals surface area contributed by atoms with Crippen molar-refractivity contribution in [2.24, 2.45) is 11.3 Å². The molecule has 5 heteroatoms. The molecule has 0 aromatic heterocycles. The van der Waals surface area contributed by atoms with Gasteiger partial charge in [-0.3, -0.25) is 0 Å². The van der Waals surface area contributed by atoms with E-state index in [9.17, 15) is 8.42 Å². The molecule has 0 amide bonds. The lowest BCUT2D eigenvalue weighted by molar-refractivity contribution is 0.252. The van der Waals surface area contributed by atoms with Crippen molar-refractivity contribution in [1.82, 2.24) is 4.31 Å². The number of nitrogens with two attached hydrogens (primary N) is 1. The number of nitrogens with zero attached hydrogens (tertiary/aromatic N) is 1. The molecule has 2 rings (SSSR count). The highest BCUT2D eigenvalue weighted by Crippen LogP contribution is 2.36. The summed E-state index contributed by atoms with van der Waals surface area (Å²) >= 11 is 0. The molecule has 0 radical (unpaired) electrons. The molecule has 0 bridgehead atoms. The van der Waals surface area contributed by atoms with Crippen LogP contribution in [-0.2, 0) is 10.0 Å². The van der Waals surface area contributed by atoms with E-state index in [0.29, 0.717) is 24.7 Å². The first-order valence-corrected chi connectivity index (χ1v) is 8.84. The average Bonchev–Trinajstić information content (AvgIpc) is 2.83. The van der Waals surface area contributed by atoms with Crippen LogP contribution < -0.4 is 5.73 Å². The summed E-state index contributed by atoms with van der Waals surface area (Å²) < 4.78 is 27.3. The van der Waals surface area contributed by atoms with Gasteiger partial charge >= 0.3 is 0 Å². The third-order valence-corrected chi connectivity index (χ3v) is 6.54. The van der Waals surface area contributed by atoms with Gasteiger partial charge in [0.2, 0.25) is 10.0 Å². The monoisotopic (exact) mass is 310 g/mol. The molecule has 1 aromatic rings. The van der Waals surface area contributed by atoms with Gasteiger partial charge in [0, 0.05) is 13.1 Å². The van der Waals surface area contributed by atoms with E-state index in [1.54, 1.807) is 16.4 Å². The highest BCUT2D eigenvalue weighted by molar-refractivity contribution is 7.89. The zero-order valence-corrected chi connectivity index (χ0v) is 14.4. The van der Waals surface area contributed by atoms with Crippen LogP contribution in [0.2, 0.25) is 0 Å². The van der Waals surface area contributed by atoms with Crippen LogP contribution in [0.3, 0.4) is 0 Å². The molecule has 1 atom stereocenters. The number of sulfonamides is 1. The summed E-state index contributed by atoms with van der Waals surface area (Å²) in [5.41, 5.74) is 8.39.